The van der Waals surface area contributed by atoms with Crippen LogP contribution < -0.4 is 4.74 Å². The molecule has 0 atom stereocenters. The van der Waals surface area contributed by atoms with E-state index in [2.05, 4.69) is 9.72 Å². The van der Waals surface area contributed by atoms with E-state index in [0.717, 1.165) is 0 Å². The van der Waals surface area contributed by atoms with Crippen LogP contribution in [0.15, 0.2) is 6.07 Å². The van der Waals surface area contributed by atoms with Gasteiger partial charge < -0.3 is 4.74 Å². The van der Waals surface area contributed by atoms with E-state index in [1.165, 1.54) is 6.07 Å². The molecule has 1 rings (SSSR count). The molecule has 0 aliphatic rings. The largest absolute Gasteiger partial charge is 0.573 e. The van der Waals surface area contributed by atoms with Gasteiger partial charge in [0.15, 0.2) is 11.4 Å². The van der Waals surface area contributed by atoms with Crippen LogP contribution in [0.5, 0.6) is 5.75 Å². The van der Waals surface area contributed by atoms with Gasteiger partial charge in [0, 0.05) is 11.6 Å². The summed E-state index contributed by atoms with van der Waals surface area (Å²) in [5.41, 5.74) is -3.06. The molecule has 0 unspecified atom stereocenters. The van der Waals surface area contributed by atoms with Crippen molar-refractivity contribution in [2.24, 2.45) is 0 Å². The van der Waals surface area contributed by atoms with Crippen molar-refractivity contribution in [3.8, 4) is 11.8 Å². The van der Waals surface area contributed by atoms with Gasteiger partial charge in [-0.25, -0.2) is 4.98 Å². The smallest absolute Gasteiger partial charge is 0.403 e. The number of hydrogen-bond acceptors (Lipinski definition) is 3. The molecule has 0 spiro atoms. The molecule has 10 heteroatoms. The molecule has 0 saturated heterocycles. The molecule has 1 aromatic rings. The first-order valence-corrected chi connectivity index (χ1v) is 4.44. The molecule has 0 bridgehead atoms. The van der Waals surface area contributed by atoms with Crippen molar-refractivity contribution >= 4 is 0 Å². The minimum atomic E-state index is -5.43. The summed E-state index contributed by atoms with van der Waals surface area (Å²) in [6.45, 7) is 0. The highest BCUT2D eigenvalue weighted by Crippen LogP contribution is 2.39. The maximum absolute atomic E-state index is 12.8. The Morgan fingerprint density at radius 1 is 1.21 bits per heavy atom. The van der Waals surface area contributed by atoms with E-state index in [1.807, 2.05) is 0 Å². The fraction of sp³-hybridized carbons (Fsp3) is 0.333. The van der Waals surface area contributed by atoms with Crippen molar-refractivity contribution in [1.82, 2.24) is 4.98 Å². The Bertz CT molecular complexity index is 515. The lowest BCUT2D eigenvalue weighted by atomic mass is 10.1. The monoisotopic (exact) mass is 288 g/mol. The molecule has 1 aromatic heterocycles. The van der Waals surface area contributed by atoms with Crippen LogP contribution in [-0.4, -0.2) is 11.3 Å². The van der Waals surface area contributed by atoms with Crippen molar-refractivity contribution in [3.63, 3.8) is 0 Å². The lowest BCUT2D eigenvalue weighted by Gasteiger charge is -2.16. The minimum absolute atomic E-state index is 0.277. The highest BCUT2D eigenvalue weighted by atomic mass is 19.4. The third kappa shape index (κ3) is 3.97. The quantitative estimate of drug-likeness (QED) is 0.620. The highest BCUT2D eigenvalue weighted by Gasteiger charge is 2.42. The molecular weight excluding hydrogens is 285 g/mol. The lowest BCUT2D eigenvalue weighted by Crippen LogP contribution is -2.22. The molecule has 0 amide bonds. The molecular formula is C9H3F7N2O. The molecule has 0 aliphatic heterocycles. The third-order valence-corrected chi connectivity index (χ3v) is 1.77. The van der Waals surface area contributed by atoms with Crippen LogP contribution in [0.3, 0.4) is 0 Å². The predicted molar refractivity (Wildman–Crippen MR) is 45.2 cm³/mol. The maximum atomic E-state index is 12.8. The average Bonchev–Trinajstić information content (AvgIpc) is 2.18. The molecule has 0 radical (unpaired) electrons. The first-order valence-electron chi connectivity index (χ1n) is 4.44. The van der Waals surface area contributed by atoms with E-state index in [0.29, 0.717) is 0 Å². The molecule has 0 saturated carbocycles. The summed E-state index contributed by atoms with van der Waals surface area (Å²) in [7, 11) is 0. The summed E-state index contributed by atoms with van der Waals surface area (Å²) in [4.78, 5) is 2.35. The second-order valence-corrected chi connectivity index (χ2v) is 3.16. The fourth-order valence-corrected chi connectivity index (χ4v) is 1.19. The van der Waals surface area contributed by atoms with E-state index < -0.39 is 41.9 Å². The Kier molecular flexibility index (Phi) is 3.88. The number of ether oxygens (including phenoxy) is 1. The second kappa shape index (κ2) is 4.91. The van der Waals surface area contributed by atoms with Crippen molar-refractivity contribution in [2.75, 3.05) is 0 Å². The zero-order valence-corrected chi connectivity index (χ0v) is 8.73. The SMILES string of the molecule is N#CCc1cc(F)nc(C(F)(F)F)c1OC(F)(F)F. The van der Waals surface area contributed by atoms with Gasteiger partial charge in [0.2, 0.25) is 5.95 Å². The first-order chi connectivity index (χ1) is 8.54. The Labute approximate surface area is 101 Å². The van der Waals surface area contributed by atoms with Crippen LogP contribution in [0.4, 0.5) is 30.7 Å². The van der Waals surface area contributed by atoms with Crippen LogP contribution in [0.1, 0.15) is 11.3 Å². The number of hydrogen-bond donors (Lipinski definition) is 0. The van der Waals surface area contributed by atoms with E-state index in [-0.39, 0.29) is 6.07 Å². The van der Waals surface area contributed by atoms with Gasteiger partial charge in [0.1, 0.15) is 0 Å². The molecule has 104 valence electrons. The van der Waals surface area contributed by atoms with Gasteiger partial charge in [0.05, 0.1) is 12.5 Å². The Balaban J connectivity index is 3.48. The first kappa shape index (κ1) is 15.0. The van der Waals surface area contributed by atoms with Crippen molar-refractivity contribution in [2.45, 2.75) is 19.0 Å². The molecule has 3 nitrogen and oxygen atoms in total. The number of pyridine rings is 1. The zero-order valence-electron chi connectivity index (χ0n) is 8.73. The molecule has 0 N–H and O–H groups in total. The van der Waals surface area contributed by atoms with Crippen LogP contribution in [0, 0.1) is 17.3 Å². The van der Waals surface area contributed by atoms with Crippen molar-refractivity contribution in [3.05, 3.63) is 23.3 Å². The standard InChI is InChI=1S/C9H3F7N2O/c10-5-3-4(1-2-17)6(19-9(14,15)16)7(18-5)8(11,12)13/h3H,1H2. The van der Waals surface area contributed by atoms with Gasteiger partial charge in [0.25, 0.3) is 0 Å². The number of nitrogens with zero attached hydrogens (tertiary/aromatic N) is 2. The second-order valence-electron chi connectivity index (χ2n) is 3.16. The summed E-state index contributed by atoms with van der Waals surface area (Å²) >= 11 is 0. The summed E-state index contributed by atoms with van der Waals surface area (Å²) in [6.07, 6.45) is -11.7. The lowest BCUT2D eigenvalue weighted by molar-refractivity contribution is -0.276. The molecule has 0 fully saturated rings. The number of aromatic nitrogens is 1. The van der Waals surface area contributed by atoms with Gasteiger partial charge in [-0.15, -0.1) is 13.2 Å². The summed E-state index contributed by atoms with van der Waals surface area (Å²) in [6, 6.07) is 1.58. The predicted octanol–water partition coefficient (Wildman–Crippen LogP) is 3.20. The fourth-order valence-electron chi connectivity index (χ4n) is 1.19. The molecule has 1 heterocycles. The summed E-state index contributed by atoms with van der Waals surface area (Å²) < 4.78 is 89.5. The topological polar surface area (TPSA) is 45.9 Å². The summed E-state index contributed by atoms with van der Waals surface area (Å²) in [5, 5.41) is 8.32. The van der Waals surface area contributed by atoms with E-state index in [4.69, 9.17) is 5.26 Å². The maximum Gasteiger partial charge on any atom is 0.573 e. The van der Waals surface area contributed by atoms with E-state index in [1.54, 1.807) is 0 Å². The number of alkyl halides is 6. The minimum Gasteiger partial charge on any atom is -0.403 e. The Morgan fingerprint density at radius 2 is 1.79 bits per heavy atom. The summed E-state index contributed by atoms with van der Waals surface area (Å²) in [5.74, 6) is -3.38. The third-order valence-electron chi connectivity index (χ3n) is 1.77. The number of halogens is 7. The van der Waals surface area contributed by atoms with Gasteiger partial charge in [-0.1, -0.05) is 0 Å². The highest BCUT2D eigenvalue weighted by molar-refractivity contribution is 5.40. The van der Waals surface area contributed by atoms with Gasteiger partial charge in [-0.05, 0) is 0 Å². The Morgan fingerprint density at radius 3 is 2.21 bits per heavy atom. The van der Waals surface area contributed by atoms with Crippen LogP contribution in [0.2, 0.25) is 0 Å². The molecule has 0 aromatic carbocycles. The van der Waals surface area contributed by atoms with E-state index >= 15 is 0 Å². The van der Waals surface area contributed by atoms with Crippen LogP contribution in [0.25, 0.3) is 0 Å². The molecule has 19 heavy (non-hydrogen) atoms. The van der Waals surface area contributed by atoms with E-state index in [9.17, 15) is 30.7 Å². The number of rotatable bonds is 2. The van der Waals surface area contributed by atoms with Gasteiger partial charge in [-0.3, -0.25) is 0 Å². The van der Waals surface area contributed by atoms with Crippen molar-refractivity contribution < 1.29 is 35.5 Å². The number of nitriles is 1. The Hall–Kier alpha value is -2.05. The average molecular weight is 288 g/mol. The van der Waals surface area contributed by atoms with Crippen LogP contribution in [-0.2, 0) is 12.6 Å². The normalized spacial score (nSPS) is 12.1. The van der Waals surface area contributed by atoms with Gasteiger partial charge in [-0.2, -0.15) is 22.8 Å². The van der Waals surface area contributed by atoms with Crippen molar-refractivity contribution in [1.29, 1.82) is 5.26 Å². The van der Waals surface area contributed by atoms with Gasteiger partial charge >= 0.3 is 12.5 Å². The molecule has 0 aliphatic carbocycles. The zero-order chi connectivity index (χ0) is 14.8. The van der Waals surface area contributed by atoms with Crippen LogP contribution >= 0.6 is 0 Å².